The van der Waals surface area contributed by atoms with E-state index in [0.717, 1.165) is 12.1 Å². The molecule has 1 N–H and O–H groups in total. The predicted octanol–water partition coefficient (Wildman–Crippen LogP) is 4.20. The summed E-state index contributed by atoms with van der Waals surface area (Å²) >= 11 is 0. The van der Waals surface area contributed by atoms with E-state index in [-0.39, 0.29) is 11.5 Å². The SMILES string of the molecule is Cc1cccc2c1N(C(C(=O)O)C(C)C)C(C)(C)CC2C. The van der Waals surface area contributed by atoms with Gasteiger partial charge in [0.05, 0.1) is 0 Å². The van der Waals surface area contributed by atoms with Gasteiger partial charge in [0.25, 0.3) is 0 Å². The number of benzene rings is 1. The van der Waals surface area contributed by atoms with Gasteiger partial charge in [0.1, 0.15) is 6.04 Å². The van der Waals surface area contributed by atoms with Crippen LogP contribution in [0.15, 0.2) is 18.2 Å². The number of carboxylic acids is 1. The molecule has 0 spiro atoms. The fourth-order valence-corrected chi connectivity index (χ4v) is 3.88. The molecule has 0 fully saturated rings. The average molecular weight is 289 g/mol. The normalized spacial score (nSPS) is 22.0. The summed E-state index contributed by atoms with van der Waals surface area (Å²) < 4.78 is 0. The number of rotatable bonds is 3. The maximum absolute atomic E-state index is 11.9. The lowest BCUT2D eigenvalue weighted by Gasteiger charge is -2.51. The van der Waals surface area contributed by atoms with Gasteiger partial charge >= 0.3 is 5.97 Å². The molecule has 0 aromatic heterocycles. The third-order valence-corrected chi connectivity index (χ3v) is 4.66. The number of nitrogens with zero attached hydrogens (tertiary/aromatic N) is 1. The number of anilines is 1. The molecule has 0 aliphatic carbocycles. The van der Waals surface area contributed by atoms with E-state index < -0.39 is 12.0 Å². The predicted molar refractivity (Wildman–Crippen MR) is 87.0 cm³/mol. The van der Waals surface area contributed by atoms with E-state index in [0.29, 0.717) is 5.92 Å². The Kier molecular flexibility index (Phi) is 4.05. The van der Waals surface area contributed by atoms with E-state index in [1.54, 1.807) is 0 Å². The molecular formula is C18H27NO2. The van der Waals surface area contributed by atoms with Crippen LogP contribution in [0.4, 0.5) is 5.69 Å². The molecule has 3 heteroatoms. The molecule has 1 heterocycles. The first kappa shape index (κ1) is 15.9. The second-order valence-electron chi connectivity index (χ2n) is 7.33. The van der Waals surface area contributed by atoms with Crippen molar-refractivity contribution in [3.63, 3.8) is 0 Å². The number of carbonyl (C=O) groups is 1. The molecule has 2 rings (SSSR count). The number of hydrogen-bond donors (Lipinski definition) is 1. The van der Waals surface area contributed by atoms with Crippen LogP contribution in [0.2, 0.25) is 0 Å². The van der Waals surface area contributed by atoms with Gasteiger partial charge in [-0.1, -0.05) is 39.0 Å². The van der Waals surface area contributed by atoms with E-state index in [1.165, 1.54) is 11.1 Å². The van der Waals surface area contributed by atoms with Crippen LogP contribution in [0.1, 0.15) is 58.1 Å². The highest BCUT2D eigenvalue weighted by molar-refractivity contribution is 5.81. The smallest absolute Gasteiger partial charge is 0.326 e. The van der Waals surface area contributed by atoms with Gasteiger partial charge in [-0.3, -0.25) is 0 Å². The van der Waals surface area contributed by atoms with E-state index in [2.05, 4.69) is 50.8 Å². The Morgan fingerprint density at radius 2 is 2.00 bits per heavy atom. The Labute approximate surface area is 128 Å². The molecule has 0 saturated carbocycles. The summed E-state index contributed by atoms with van der Waals surface area (Å²) in [4.78, 5) is 14.0. The van der Waals surface area contributed by atoms with Gasteiger partial charge in [-0.2, -0.15) is 0 Å². The van der Waals surface area contributed by atoms with Crippen molar-refractivity contribution in [3.8, 4) is 0 Å². The zero-order valence-electron chi connectivity index (χ0n) is 14.0. The van der Waals surface area contributed by atoms with E-state index >= 15 is 0 Å². The van der Waals surface area contributed by atoms with Crippen LogP contribution in [-0.4, -0.2) is 22.7 Å². The number of hydrogen-bond acceptors (Lipinski definition) is 2. The van der Waals surface area contributed by atoms with Gasteiger partial charge in [-0.15, -0.1) is 0 Å². The Hall–Kier alpha value is -1.51. The molecule has 21 heavy (non-hydrogen) atoms. The molecule has 1 aliphatic rings. The van der Waals surface area contributed by atoms with Crippen molar-refractivity contribution >= 4 is 11.7 Å². The van der Waals surface area contributed by atoms with Gasteiger partial charge in [0.15, 0.2) is 0 Å². The van der Waals surface area contributed by atoms with Gasteiger partial charge in [0, 0.05) is 11.2 Å². The van der Waals surface area contributed by atoms with Crippen LogP contribution in [-0.2, 0) is 4.79 Å². The van der Waals surface area contributed by atoms with Crippen LogP contribution in [0.25, 0.3) is 0 Å². The van der Waals surface area contributed by atoms with Crippen molar-refractivity contribution < 1.29 is 9.90 Å². The molecule has 3 nitrogen and oxygen atoms in total. The van der Waals surface area contributed by atoms with Crippen LogP contribution >= 0.6 is 0 Å². The monoisotopic (exact) mass is 289 g/mol. The first-order chi connectivity index (χ1) is 9.66. The van der Waals surface area contributed by atoms with Crippen molar-refractivity contribution in [1.29, 1.82) is 0 Å². The molecule has 1 aromatic carbocycles. The van der Waals surface area contributed by atoms with Crippen LogP contribution in [0, 0.1) is 12.8 Å². The first-order valence-electron chi connectivity index (χ1n) is 7.78. The lowest BCUT2D eigenvalue weighted by molar-refractivity contribution is -0.140. The Morgan fingerprint density at radius 3 is 2.52 bits per heavy atom. The summed E-state index contributed by atoms with van der Waals surface area (Å²) in [6, 6.07) is 5.81. The highest BCUT2D eigenvalue weighted by Crippen LogP contribution is 2.46. The molecule has 1 aromatic rings. The number of para-hydroxylation sites is 1. The number of carboxylic acid groups (broad SMARTS) is 1. The minimum atomic E-state index is -0.734. The summed E-state index contributed by atoms with van der Waals surface area (Å²) in [5.74, 6) is -0.225. The zero-order valence-corrected chi connectivity index (χ0v) is 14.0. The summed E-state index contributed by atoms with van der Waals surface area (Å²) in [7, 11) is 0. The maximum Gasteiger partial charge on any atom is 0.326 e. The second-order valence-corrected chi connectivity index (χ2v) is 7.33. The quantitative estimate of drug-likeness (QED) is 0.906. The van der Waals surface area contributed by atoms with Crippen LogP contribution < -0.4 is 4.90 Å². The fourth-order valence-electron chi connectivity index (χ4n) is 3.88. The number of aliphatic carboxylic acids is 1. The molecule has 116 valence electrons. The van der Waals surface area contributed by atoms with Gasteiger partial charge in [0.2, 0.25) is 0 Å². The number of aryl methyl sites for hydroxylation is 1. The summed E-state index contributed by atoms with van der Waals surface area (Å²) in [6.45, 7) is 12.6. The molecule has 0 saturated heterocycles. The zero-order chi connectivity index (χ0) is 15.9. The average Bonchev–Trinajstić information content (AvgIpc) is 2.33. The number of fused-ring (bicyclic) bond motifs is 1. The summed E-state index contributed by atoms with van der Waals surface area (Å²) in [6.07, 6.45) is 0.972. The van der Waals surface area contributed by atoms with E-state index in [1.807, 2.05) is 13.8 Å². The van der Waals surface area contributed by atoms with Crippen molar-refractivity contribution in [1.82, 2.24) is 0 Å². The van der Waals surface area contributed by atoms with Gasteiger partial charge in [-0.25, -0.2) is 4.79 Å². The Balaban J connectivity index is 2.68. The topological polar surface area (TPSA) is 40.5 Å². The largest absolute Gasteiger partial charge is 0.480 e. The van der Waals surface area contributed by atoms with Gasteiger partial charge < -0.3 is 10.0 Å². The van der Waals surface area contributed by atoms with Crippen molar-refractivity contribution in [3.05, 3.63) is 29.3 Å². The first-order valence-corrected chi connectivity index (χ1v) is 7.78. The third kappa shape index (κ3) is 2.66. The molecule has 2 unspecified atom stereocenters. The highest BCUT2D eigenvalue weighted by Gasteiger charge is 2.44. The second kappa shape index (κ2) is 5.36. The minimum Gasteiger partial charge on any atom is -0.480 e. The van der Waals surface area contributed by atoms with Crippen molar-refractivity contribution in [2.45, 2.75) is 65.5 Å². The van der Waals surface area contributed by atoms with Gasteiger partial charge in [-0.05, 0) is 50.2 Å². The Morgan fingerprint density at radius 1 is 1.38 bits per heavy atom. The fraction of sp³-hybridized carbons (Fsp3) is 0.611. The summed E-state index contributed by atoms with van der Waals surface area (Å²) in [5, 5.41) is 9.77. The maximum atomic E-state index is 11.9. The molecule has 2 atom stereocenters. The van der Waals surface area contributed by atoms with Crippen molar-refractivity contribution in [2.24, 2.45) is 5.92 Å². The highest BCUT2D eigenvalue weighted by atomic mass is 16.4. The molecule has 0 amide bonds. The standard InChI is InChI=1S/C18H27NO2/c1-11(2)15(17(20)21)19-16-12(3)8-7-9-14(16)13(4)10-18(19,5)6/h7-9,11,13,15H,10H2,1-6H3,(H,20,21). The van der Waals surface area contributed by atoms with Crippen LogP contribution in [0.3, 0.4) is 0 Å². The van der Waals surface area contributed by atoms with Crippen LogP contribution in [0.5, 0.6) is 0 Å². The minimum absolute atomic E-state index is 0.0580. The van der Waals surface area contributed by atoms with E-state index in [9.17, 15) is 9.90 Å². The summed E-state index contributed by atoms with van der Waals surface area (Å²) in [5.41, 5.74) is 3.41. The molecule has 0 bridgehead atoms. The lowest BCUT2D eigenvalue weighted by Crippen LogP contribution is -2.58. The lowest BCUT2D eigenvalue weighted by atomic mass is 9.77. The molecule has 1 aliphatic heterocycles. The van der Waals surface area contributed by atoms with E-state index in [4.69, 9.17) is 0 Å². The molecule has 0 radical (unpaired) electrons. The van der Waals surface area contributed by atoms with Crippen molar-refractivity contribution in [2.75, 3.05) is 4.90 Å². The molecular weight excluding hydrogens is 262 g/mol. The Bertz CT molecular complexity index is 548. The third-order valence-electron chi connectivity index (χ3n) is 4.66.